The average molecular weight is 726 g/mol. The normalized spacial score (nSPS) is 16.2. The van der Waals surface area contributed by atoms with Gasteiger partial charge in [0, 0.05) is 35.7 Å². The molecule has 53 heavy (non-hydrogen) atoms. The number of amides is 3. The van der Waals surface area contributed by atoms with E-state index in [4.69, 9.17) is 14.2 Å². The molecule has 1 heterocycles. The summed E-state index contributed by atoms with van der Waals surface area (Å²) < 4.78 is 15.9. The third-order valence-electron chi connectivity index (χ3n) is 9.18. The molecule has 3 amide bonds. The average Bonchev–Trinajstić information content (AvgIpc) is 3.68. The van der Waals surface area contributed by atoms with E-state index in [-0.39, 0.29) is 30.1 Å². The maximum atomic E-state index is 13.9. The number of rotatable bonds is 12. The lowest BCUT2D eigenvalue weighted by atomic mass is 9.81. The first-order chi connectivity index (χ1) is 25.3. The molecule has 1 aliphatic rings. The molecule has 1 aromatic heterocycles. The van der Waals surface area contributed by atoms with Gasteiger partial charge in [-0.2, -0.15) is 5.21 Å². The zero-order valence-electron chi connectivity index (χ0n) is 30.9. The van der Waals surface area contributed by atoms with E-state index >= 15 is 0 Å². The predicted molar refractivity (Wildman–Crippen MR) is 198 cm³/mol. The maximum Gasteiger partial charge on any atom is 0.407 e. The van der Waals surface area contributed by atoms with E-state index in [0.717, 1.165) is 40.7 Å². The lowest BCUT2D eigenvalue weighted by Gasteiger charge is -2.29. The molecule has 14 heteroatoms. The number of anilines is 1. The summed E-state index contributed by atoms with van der Waals surface area (Å²) in [6.07, 6.45) is 2.52. The number of aryl methyl sites for hydroxylation is 1. The van der Waals surface area contributed by atoms with E-state index in [2.05, 4.69) is 36.6 Å². The minimum Gasteiger partial charge on any atom is -0.496 e. The van der Waals surface area contributed by atoms with E-state index in [1.54, 1.807) is 43.5 Å². The highest BCUT2D eigenvalue weighted by molar-refractivity contribution is 5.98. The monoisotopic (exact) mass is 725 g/mol. The Hall–Kier alpha value is -5.79. The Morgan fingerprint density at radius 1 is 0.925 bits per heavy atom. The van der Waals surface area contributed by atoms with E-state index in [0.29, 0.717) is 42.2 Å². The Labute approximate surface area is 308 Å². The zero-order valence-corrected chi connectivity index (χ0v) is 30.9. The van der Waals surface area contributed by atoms with Gasteiger partial charge in [0.25, 0.3) is 0 Å². The number of aromatic amines is 1. The quantitative estimate of drug-likeness (QED) is 0.133. The van der Waals surface area contributed by atoms with Crippen LogP contribution >= 0.6 is 0 Å². The highest BCUT2D eigenvalue weighted by Crippen LogP contribution is 2.34. The van der Waals surface area contributed by atoms with Crippen LogP contribution in [0.3, 0.4) is 0 Å². The van der Waals surface area contributed by atoms with Crippen molar-refractivity contribution in [2.75, 3.05) is 26.1 Å². The number of hydrogen-bond donors (Lipinski definition) is 4. The van der Waals surface area contributed by atoms with Crippen LogP contribution in [-0.2, 0) is 25.5 Å². The van der Waals surface area contributed by atoms with Crippen molar-refractivity contribution in [2.45, 2.75) is 71.4 Å². The van der Waals surface area contributed by atoms with Crippen molar-refractivity contribution >= 4 is 29.6 Å². The van der Waals surface area contributed by atoms with Gasteiger partial charge < -0.3 is 30.2 Å². The van der Waals surface area contributed by atoms with Gasteiger partial charge in [0.05, 0.1) is 19.8 Å². The van der Waals surface area contributed by atoms with Crippen LogP contribution in [0.2, 0.25) is 0 Å². The van der Waals surface area contributed by atoms with Gasteiger partial charge >= 0.3 is 12.1 Å². The number of H-pyrrole nitrogens is 1. The van der Waals surface area contributed by atoms with Gasteiger partial charge in [-0.1, -0.05) is 12.1 Å². The lowest BCUT2D eigenvalue weighted by molar-refractivity contribution is -0.130. The van der Waals surface area contributed by atoms with Crippen LogP contribution in [0.5, 0.6) is 5.75 Å². The molecule has 5 rings (SSSR count). The van der Waals surface area contributed by atoms with Crippen molar-refractivity contribution in [3.63, 3.8) is 0 Å². The molecule has 0 radical (unpaired) electrons. The predicted octanol–water partition coefficient (Wildman–Crippen LogP) is 5.63. The third-order valence-corrected chi connectivity index (χ3v) is 9.18. The molecule has 0 aliphatic heterocycles. The number of carbonyl (C=O) groups is 4. The topological polar surface area (TPSA) is 187 Å². The van der Waals surface area contributed by atoms with Gasteiger partial charge in [-0.15, -0.1) is 10.2 Å². The van der Waals surface area contributed by atoms with E-state index in [1.165, 1.54) is 7.11 Å². The highest BCUT2D eigenvalue weighted by atomic mass is 16.6. The van der Waals surface area contributed by atoms with Crippen LogP contribution in [0.15, 0.2) is 60.7 Å². The SMILES string of the molecule is COC(=O)c1ccc(-c2cc(C[C@H](NC(=O)C3CCC(CNC(=O)OC(C)(C)C)CC3)C(=O)Nc3ccc(-c4nn[nH]n4)cc3)ccc2OC)c(C)c1. The minimum atomic E-state index is -0.907. The van der Waals surface area contributed by atoms with Crippen molar-refractivity contribution in [3.8, 4) is 28.3 Å². The number of methoxy groups -OCH3 is 2. The molecule has 0 bridgehead atoms. The van der Waals surface area contributed by atoms with Crippen LogP contribution < -0.4 is 20.7 Å². The molecule has 14 nitrogen and oxygen atoms in total. The Kier molecular flexibility index (Phi) is 12.4. The molecular weight excluding hydrogens is 678 g/mol. The van der Waals surface area contributed by atoms with Gasteiger partial charge in [0.2, 0.25) is 17.6 Å². The number of carbonyl (C=O) groups excluding carboxylic acids is 4. The fourth-order valence-corrected chi connectivity index (χ4v) is 6.42. The first-order valence-electron chi connectivity index (χ1n) is 17.6. The van der Waals surface area contributed by atoms with Crippen LogP contribution in [0.1, 0.15) is 67.9 Å². The van der Waals surface area contributed by atoms with Crippen molar-refractivity contribution in [1.82, 2.24) is 31.3 Å². The number of ether oxygens (including phenoxy) is 3. The molecule has 1 saturated carbocycles. The molecule has 4 aromatic rings. The van der Waals surface area contributed by atoms with Gasteiger partial charge in [-0.25, -0.2) is 9.59 Å². The lowest BCUT2D eigenvalue weighted by Crippen LogP contribution is -2.48. The van der Waals surface area contributed by atoms with Gasteiger partial charge in [-0.05, 0) is 130 Å². The van der Waals surface area contributed by atoms with Crippen LogP contribution in [-0.4, -0.2) is 76.9 Å². The fourth-order valence-electron chi connectivity index (χ4n) is 6.42. The third kappa shape index (κ3) is 10.4. The molecule has 1 fully saturated rings. The number of nitrogens with zero attached hydrogens (tertiary/aromatic N) is 3. The molecule has 280 valence electrons. The summed E-state index contributed by atoms with van der Waals surface area (Å²) in [5.74, 6) is -0.0128. The number of benzene rings is 3. The van der Waals surface area contributed by atoms with E-state index in [1.807, 2.05) is 52.0 Å². The van der Waals surface area contributed by atoms with Crippen LogP contribution in [0.25, 0.3) is 22.5 Å². The number of alkyl carbamates (subject to hydrolysis) is 1. The number of nitrogens with one attached hydrogen (secondary N) is 4. The molecular formula is C39H47N7O7. The highest BCUT2D eigenvalue weighted by Gasteiger charge is 2.30. The van der Waals surface area contributed by atoms with Crippen LogP contribution in [0, 0.1) is 18.8 Å². The van der Waals surface area contributed by atoms with Crippen molar-refractivity contribution < 1.29 is 33.4 Å². The first-order valence-corrected chi connectivity index (χ1v) is 17.6. The molecule has 3 aromatic carbocycles. The van der Waals surface area contributed by atoms with Crippen molar-refractivity contribution in [3.05, 3.63) is 77.4 Å². The van der Waals surface area contributed by atoms with Crippen molar-refractivity contribution in [1.29, 1.82) is 0 Å². The van der Waals surface area contributed by atoms with Gasteiger partial charge in [-0.3, -0.25) is 9.59 Å². The first kappa shape index (κ1) is 38.4. The van der Waals surface area contributed by atoms with Crippen molar-refractivity contribution in [2.24, 2.45) is 11.8 Å². The maximum absolute atomic E-state index is 13.9. The fraction of sp³-hybridized carbons (Fsp3) is 0.410. The summed E-state index contributed by atoms with van der Waals surface area (Å²) in [5, 5.41) is 22.8. The smallest absolute Gasteiger partial charge is 0.407 e. The van der Waals surface area contributed by atoms with Crippen LogP contribution in [0.4, 0.5) is 10.5 Å². The molecule has 0 spiro atoms. The molecule has 1 atom stereocenters. The summed E-state index contributed by atoms with van der Waals surface area (Å²) >= 11 is 0. The molecule has 0 saturated heterocycles. The number of tetrazole rings is 1. The van der Waals surface area contributed by atoms with Gasteiger partial charge in [0.15, 0.2) is 0 Å². The number of hydrogen-bond acceptors (Lipinski definition) is 10. The molecule has 0 unspecified atom stereocenters. The Morgan fingerprint density at radius 2 is 1.66 bits per heavy atom. The second-order valence-corrected chi connectivity index (χ2v) is 14.2. The molecule has 1 aliphatic carbocycles. The second kappa shape index (κ2) is 17.2. The Morgan fingerprint density at radius 3 is 2.28 bits per heavy atom. The summed E-state index contributed by atoms with van der Waals surface area (Å²) in [5.41, 5.74) is 4.37. The summed E-state index contributed by atoms with van der Waals surface area (Å²) in [7, 11) is 2.92. The minimum absolute atomic E-state index is 0.195. The summed E-state index contributed by atoms with van der Waals surface area (Å²) in [4.78, 5) is 52.0. The second-order valence-electron chi connectivity index (χ2n) is 14.2. The largest absolute Gasteiger partial charge is 0.496 e. The number of aromatic nitrogens is 4. The van der Waals surface area contributed by atoms with E-state index < -0.39 is 23.7 Å². The summed E-state index contributed by atoms with van der Waals surface area (Å²) in [6.45, 7) is 7.83. The Balaban J connectivity index is 1.32. The standard InChI is InChI=1S/C39H47N7O7/c1-23-19-28(37(49)52-6)14-17-30(23)31-20-25(9-18-33(31)51-5)21-32(36(48)41-29-15-12-26(13-16-29)34-43-45-46-44-34)42-35(47)27-10-7-24(8-11-27)22-40-38(50)53-39(2,3)4/h9,12-20,24,27,32H,7-8,10-11,21-22H2,1-6H3,(H,40,50)(H,41,48)(H,42,47)(H,43,44,45,46)/t24?,27?,32-/m0/s1. The van der Waals surface area contributed by atoms with Gasteiger partial charge in [0.1, 0.15) is 17.4 Å². The van der Waals surface area contributed by atoms with E-state index in [9.17, 15) is 19.2 Å². The zero-order chi connectivity index (χ0) is 38.1. The molecule has 4 N–H and O–H groups in total. The summed E-state index contributed by atoms with van der Waals surface area (Å²) in [6, 6.07) is 17.0. The Bertz CT molecular complexity index is 1900. The number of esters is 1.